The summed E-state index contributed by atoms with van der Waals surface area (Å²) in [4.78, 5) is 16.4. The van der Waals surface area contributed by atoms with Crippen molar-refractivity contribution >= 4 is 10.0 Å². The lowest BCUT2D eigenvalue weighted by atomic mass is 9.90. The molecule has 0 aromatic carbocycles. The molecular weight excluding hydrogens is 418 g/mol. The minimum atomic E-state index is -3.28. The fourth-order valence-electron chi connectivity index (χ4n) is 4.47. The molecule has 1 aliphatic heterocycles. The summed E-state index contributed by atoms with van der Waals surface area (Å²) in [6.07, 6.45) is 8.38. The number of hydrogen-bond acceptors (Lipinski definition) is 7. The quantitative estimate of drug-likeness (QED) is 0.672. The zero-order chi connectivity index (χ0) is 22.1. The molecule has 1 aliphatic carbocycles. The maximum atomic E-state index is 12.4. The average molecular weight is 448 g/mol. The zero-order valence-corrected chi connectivity index (χ0v) is 18.5. The van der Waals surface area contributed by atoms with Crippen molar-refractivity contribution < 1.29 is 13.5 Å². The van der Waals surface area contributed by atoms with E-state index in [1.165, 1.54) is 10.6 Å². The van der Waals surface area contributed by atoms with Gasteiger partial charge in [-0.3, -0.25) is 9.78 Å². The molecule has 168 valence electrons. The molecule has 0 radical (unpaired) electrons. The minimum Gasteiger partial charge on any atom is -0.387 e. The van der Waals surface area contributed by atoms with E-state index in [-0.39, 0.29) is 24.2 Å². The van der Waals surface area contributed by atoms with Crippen LogP contribution in [0.1, 0.15) is 38.1 Å². The van der Waals surface area contributed by atoms with Gasteiger partial charge < -0.3 is 10.4 Å². The zero-order valence-electron chi connectivity index (χ0n) is 17.6. The van der Waals surface area contributed by atoms with Gasteiger partial charge in [0.1, 0.15) is 0 Å². The summed E-state index contributed by atoms with van der Waals surface area (Å²) in [7, 11) is -3.28. The molecule has 4 rings (SSSR count). The van der Waals surface area contributed by atoms with E-state index in [1.54, 1.807) is 29.2 Å². The second-order valence-electron chi connectivity index (χ2n) is 8.69. The molecular formula is C21H29N5O4S. The van der Waals surface area contributed by atoms with Crippen LogP contribution in [0.3, 0.4) is 0 Å². The smallest absolute Gasteiger partial charge is 0.267 e. The predicted octanol–water partition coefficient (Wildman–Crippen LogP) is 0.775. The lowest BCUT2D eigenvalue weighted by molar-refractivity contribution is 0.0505. The number of sulfonamides is 1. The molecule has 10 heteroatoms. The lowest BCUT2D eigenvalue weighted by Crippen LogP contribution is -2.47. The number of hydrogen-bond donors (Lipinski definition) is 2. The molecule has 2 aliphatic rings. The fourth-order valence-corrected chi connectivity index (χ4v) is 5.37. The maximum Gasteiger partial charge on any atom is 0.267 e. The topological polar surface area (TPSA) is 117 Å². The van der Waals surface area contributed by atoms with Crippen LogP contribution in [0.15, 0.2) is 41.5 Å². The predicted molar refractivity (Wildman–Crippen MR) is 117 cm³/mol. The fraction of sp³-hybridized carbons (Fsp3) is 0.571. The van der Waals surface area contributed by atoms with Crippen molar-refractivity contribution in [3.05, 3.63) is 47.0 Å². The van der Waals surface area contributed by atoms with E-state index in [4.69, 9.17) is 0 Å². The Labute approximate surface area is 182 Å². The van der Waals surface area contributed by atoms with Gasteiger partial charge in [-0.15, -0.1) is 0 Å². The van der Waals surface area contributed by atoms with E-state index < -0.39 is 15.6 Å². The van der Waals surface area contributed by atoms with Gasteiger partial charge in [0, 0.05) is 49.7 Å². The van der Waals surface area contributed by atoms with Crippen molar-refractivity contribution in [2.24, 2.45) is 0 Å². The molecule has 31 heavy (non-hydrogen) atoms. The van der Waals surface area contributed by atoms with Crippen molar-refractivity contribution in [1.82, 2.24) is 24.4 Å². The SMILES string of the molecule is CS(=O)(=O)N1CCC(O)(CNC2CCC(n3nc(-c4ccncc4)ccc3=O)CC2)C1. The highest BCUT2D eigenvalue weighted by Gasteiger charge is 2.40. The van der Waals surface area contributed by atoms with Gasteiger partial charge in [-0.1, -0.05) is 0 Å². The van der Waals surface area contributed by atoms with Crippen molar-refractivity contribution in [3.8, 4) is 11.3 Å². The first-order chi connectivity index (χ1) is 14.7. The van der Waals surface area contributed by atoms with Crippen molar-refractivity contribution in [1.29, 1.82) is 0 Å². The van der Waals surface area contributed by atoms with E-state index in [0.29, 0.717) is 19.5 Å². The molecule has 1 saturated heterocycles. The second-order valence-corrected chi connectivity index (χ2v) is 10.7. The van der Waals surface area contributed by atoms with E-state index in [2.05, 4.69) is 15.4 Å². The third-order valence-corrected chi connectivity index (χ3v) is 7.58. The number of rotatable bonds is 6. The monoisotopic (exact) mass is 447 g/mol. The summed E-state index contributed by atoms with van der Waals surface area (Å²) >= 11 is 0. The summed E-state index contributed by atoms with van der Waals surface area (Å²) in [5.41, 5.74) is 0.542. The molecule has 9 nitrogen and oxygen atoms in total. The van der Waals surface area contributed by atoms with Gasteiger partial charge >= 0.3 is 0 Å². The van der Waals surface area contributed by atoms with Gasteiger partial charge in [-0.25, -0.2) is 13.1 Å². The molecule has 2 aromatic heterocycles. The third-order valence-electron chi connectivity index (χ3n) is 6.33. The number of nitrogens with zero attached hydrogens (tertiary/aromatic N) is 4. The van der Waals surface area contributed by atoms with Crippen LogP contribution >= 0.6 is 0 Å². The Balaban J connectivity index is 1.34. The van der Waals surface area contributed by atoms with Gasteiger partial charge in [0.25, 0.3) is 5.56 Å². The Hall–Kier alpha value is -2.14. The highest BCUT2D eigenvalue weighted by atomic mass is 32.2. The molecule has 0 bridgehead atoms. The molecule has 1 unspecified atom stereocenters. The molecule has 3 heterocycles. The molecule has 2 fully saturated rings. The van der Waals surface area contributed by atoms with Crippen LogP contribution in [0.2, 0.25) is 0 Å². The number of pyridine rings is 1. The Bertz CT molecular complexity index is 1070. The number of aromatic nitrogens is 3. The maximum absolute atomic E-state index is 12.4. The van der Waals surface area contributed by atoms with Crippen LogP contribution in [-0.2, 0) is 10.0 Å². The Morgan fingerprint density at radius 1 is 1.16 bits per heavy atom. The molecule has 2 aromatic rings. The van der Waals surface area contributed by atoms with Gasteiger partial charge in [-0.2, -0.15) is 9.40 Å². The first-order valence-corrected chi connectivity index (χ1v) is 12.5. The molecule has 0 amide bonds. The van der Waals surface area contributed by atoms with E-state index in [1.807, 2.05) is 12.1 Å². The minimum absolute atomic E-state index is 0.0441. The van der Waals surface area contributed by atoms with Crippen LogP contribution < -0.4 is 10.9 Å². The molecule has 0 spiro atoms. The van der Waals surface area contributed by atoms with Crippen LogP contribution in [-0.4, -0.2) is 70.1 Å². The Morgan fingerprint density at radius 3 is 2.52 bits per heavy atom. The summed E-state index contributed by atoms with van der Waals surface area (Å²) in [5, 5.41) is 18.7. The number of β-amino-alcohol motifs (C(OH)–C–C–N with tert-alkyl or cyclic N) is 1. The standard InChI is InChI=1S/C21H29N5O4S/c1-31(29,30)25-13-10-21(28,15-25)14-23-17-2-4-18(5-3-17)26-20(27)7-6-19(24-26)16-8-11-22-12-9-16/h6-9,11-12,17-18,23,28H,2-5,10,13-15H2,1H3. The van der Waals surface area contributed by atoms with Crippen LogP contribution in [0.5, 0.6) is 0 Å². The summed E-state index contributed by atoms with van der Waals surface area (Å²) < 4.78 is 26.3. The second kappa shape index (κ2) is 8.78. The van der Waals surface area contributed by atoms with E-state index in [9.17, 15) is 18.3 Å². The van der Waals surface area contributed by atoms with Crippen LogP contribution in [0, 0.1) is 0 Å². The highest BCUT2D eigenvalue weighted by molar-refractivity contribution is 7.88. The lowest BCUT2D eigenvalue weighted by Gasteiger charge is -2.32. The normalized spacial score (nSPS) is 27.4. The molecule has 1 atom stereocenters. The van der Waals surface area contributed by atoms with Crippen LogP contribution in [0.4, 0.5) is 0 Å². The van der Waals surface area contributed by atoms with E-state index >= 15 is 0 Å². The summed E-state index contributed by atoms with van der Waals surface area (Å²) in [5.74, 6) is 0. The summed E-state index contributed by atoms with van der Waals surface area (Å²) in [6, 6.07) is 7.32. The van der Waals surface area contributed by atoms with Gasteiger partial charge in [0.05, 0.1) is 23.6 Å². The first-order valence-electron chi connectivity index (χ1n) is 10.6. The largest absolute Gasteiger partial charge is 0.387 e. The van der Waals surface area contributed by atoms with Crippen LogP contribution in [0.25, 0.3) is 11.3 Å². The average Bonchev–Trinajstić information content (AvgIpc) is 3.17. The number of aliphatic hydroxyl groups is 1. The van der Waals surface area contributed by atoms with E-state index in [0.717, 1.165) is 36.9 Å². The van der Waals surface area contributed by atoms with Gasteiger partial charge in [0.15, 0.2) is 0 Å². The van der Waals surface area contributed by atoms with Crippen molar-refractivity contribution in [2.45, 2.75) is 49.8 Å². The highest BCUT2D eigenvalue weighted by Crippen LogP contribution is 2.29. The Kier molecular flexibility index (Phi) is 6.25. The molecule has 2 N–H and O–H groups in total. The molecule has 1 saturated carbocycles. The van der Waals surface area contributed by atoms with Gasteiger partial charge in [-0.05, 0) is 50.3 Å². The number of nitrogens with one attached hydrogen (secondary N) is 1. The third kappa shape index (κ3) is 5.20. The Morgan fingerprint density at radius 2 is 1.87 bits per heavy atom. The van der Waals surface area contributed by atoms with Crippen molar-refractivity contribution in [2.75, 3.05) is 25.9 Å². The van der Waals surface area contributed by atoms with Crippen molar-refractivity contribution in [3.63, 3.8) is 0 Å². The summed E-state index contributed by atoms with van der Waals surface area (Å²) in [6.45, 7) is 0.853. The van der Waals surface area contributed by atoms with Gasteiger partial charge in [0.2, 0.25) is 10.0 Å². The first kappa shape index (κ1) is 22.1.